The van der Waals surface area contributed by atoms with Gasteiger partial charge >= 0.3 is 11.9 Å². The van der Waals surface area contributed by atoms with E-state index in [0.717, 1.165) is 48.4 Å². The molecule has 0 saturated carbocycles. The van der Waals surface area contributed by atoms with Crippen molar-refractivity contribution >= 4 is 34.9 Å². The Morgan fingerprint density at radius 1 is 1.03 bits per heavy atom. The maximum Gasteiger partial charge on any atom is 0.357 e. The van der Waals surface area contributed by atoms with Gasteiger partial charge in [-0.25, -0.2) is 4.79 Å². The Balaban J connectivity index is 1.92. The van der Waals surface area contributed by atoms with Crippen molar-refractivity contribution in [3.63, 3.8) is 0 Å². The summed E-state index contributed by atoms with van der Waals surface area (Å²) < 4.78 is 10.9. The number of hydrogen-bond donors (Lipinski definition) is 0. The zero-order chi connectivity index (χ0) is 25.4. The Kier molecular flexibility index (Phi) is 10.1. The first-order valence-corrected chi connectivity index (χ1v) is 14.1. The van der Waals surface area contributed by atoms with Crippen molar-refractivity contribution in [2.24, 2.45) is 0 Å². The number of carbonyl (C=O) groups excluding carboxylic acids is 2. The van der Waals surface area contributed by atoms with Crippen molar-refractivity contribution in [1.82, 2.24) is 9.80 Å². The lowest BCUT2D eigenvalue weighted by Crippen LogP contribution is -2.41. The molecule has 0 bridgehead atoms. The fourth-order valence-corrected chi connectivity index (χ4v) is 6.43. The van der Waals surface area contributed by atoms with Crippen LogP contribution < -0.4 is 0 Å². The molecule has 8 heteroatoms. The van der Waals surface area contributed by atoms with Gasteiger partial charge in [0.05, 0.1) is 19.8 Å². The average molecular weight is 523 g/mol. The minimum atomic E-state index is -0.643. The molecular weight excluding hydrogens is 484 g/mol. The Hall–Kier alpha value is -1.99. The van der Waals surface area contributed by atoms with Crippen molar-refractivity contribution in [3.05, 3.63) is 44.9 Å². The molecular formula is C27H39ClN2O4S. The summed E-state index contributed by atoms with van der Waals surface area (Å²) in [5.74, 6) is -0.543. The topological polar surface area (TPSA) is 59.1 Å². The van der Waals surface area contributed by atoms with Gasteiger partial charge in [0.2, 0.25) is 0 Å². The van der Waals surface area contributed by atoms with Gasteiger partial charge in [-0.05, 0) is 58.1 Å². The fourth-order valence-electron chi connectivity index (χ4n) is 4.84. The molecule has 1 unspecified atom stereocenters. The number of ether oxygens (including phenoxy) is 2. The first kappa shape index (κ1) is 27.6. The van der Waals surface area contributed by atoms with Gasteiger partial charge in [0.1, 0.15) is 16.7 Å². The number of unbranched alkanes of at least 4 members (excludes halogenated alkanes) is 2. The van der Waals surface area contributed by atoms with E-state index in [1.807, 2.05) is 19.9 Å². The van der Waals surface area contributed by atoms with E-state index in [2.05, 4.69) is 41.9 Å². The van der Waals surface area contributed by atoms with Crippen LogP contribution in [0.5, 0.6) is 0 Å². The number of nitrogens with zero attached hydrogens (tertiary/aromatic N) is 2. The first-order valence-electron chi connectivity index (χ1n) is 12.9. The van der Waals surface area contributed by atoms with Gasteiger partial charge in [-0.15, -0.1) is 11.3 Å². The lowest BCUT2D eigenvalue weighted by molar-refractivity contribution is -0.149. The summed E-state index contributed by atoms with van der Waals surface area (Å²) in [4.78, 5) is 32.3. The number of carbonyl (C=O) groups is 2. The van der Waals surface area contributed by atoms with E-state index in [1.165, 1.54) is 0 Å². The Morgan fingerprint density at radius 3 is 2.34 bits per heavy atom. The van der Waals surface area contributed by atoms with Crippen LogP contribution in [0.2, 0.25) is 0 Å². The van der Waals surface area contributed by atoms with E-state index in [9.17, 15) is 9.59 Å². The molecule has 1 aliphatic heterocycles. The predicted molar refractivity (Wildman–Crippen MR) is 141 cm³/mol. The van der Waals surface area contributed by atoms with Gasteiger partial charge in [0.25, 0.3) is 0 Å². The molecule has 1 aromatic heterocycles. The molecule has 0 amide bonds. The summed E-state index contributed by atoms with van der Waals surface area (Å²) in [6.07, 6.45) is 10.5. The maximum atomic E-state index is 13.0. The molecule has 1 atom stereocenters. The van der Waals surface area contributed by atoms with Crippen molar-refractivity contribution in [2.45, 2.75) is 90.8 Å². The van der Waals surface area contributed by atoms with Crippen LogP contribution >= 0.6 is 22.9 Å². The highest BCUT2D eigenvalue weighted by Gasteiger charge is 2.44. The minimum Gasteiger partial charge on any atom is -0.465 e. The summed E-state index contributed by atoms with van der Waals surface area (Å²) in [5, 5.41) is 0.484. The lowest BCUT2D eigenvalue weighted by Gasteiger charge is -2.34. The molecule has 0 aromatic carbocycles. The largest absolute Gasteiger partial charge is 0.465 e. The maximum absolute atomic E-state index is 13.0. The van der Waals surface area contributed by atoms with Crippen molar-refractivity contribution in [3.8, 4) is 0 Å². The SMILES string of the molecule is CCCCC1N(CCCC)C(Cl)=C(C(=O)OCC)N1Cc1ccc(C2(C(=O)OCC)CC=CC2)s1. The van der Waals surface area contributed by atoms with Crippen LogP contribution in [-0.2, 0) is 31.0 Å². The molecule has 6 nitrogen and oxygen atoms in total. The van der Waals surface area contributed by atoms with Crippen LogP contribution in [0.1, 0.15) is 82.4 Å². The van der Waals surface area contributed by atoms with Crippen LogP contribution in [0.4, 0.5) is 0 Å². The average Bonchev–Trinajstić information content (AvgIpc) is 3.56. The Morgan fingerprint density at radius 2 is 1.71 bits per heavy atom. The lowest BCUT2D eigenvalue weighted by atomic mass is 9.84. The molecule has 1 aromatic rings. The van der Waals surface area contributed by atoms with Crippen LogP contribution in [0.3, 0.4) is 0 Å². The van der Waals surface area contributed by atoms with Gasteiger partial charge < -0.3 is 19.3 Å². The highest BCUT2D eigenvalue weighted by Crippen LogP contribution is 2.43. The Labute approximate surface area is 218 Å². The number of hydrogen-bond acceptors (Lipinski definition) is 7. The molecule has 1 aliphatic carbocycles. The van der Waals surface area contributed by atoms with E-state index >= 15 is 0 Å². The Bertz CT molecular complexity index is 933. The van der Waals surface area contributed by atoms with Crippen LogP contribution in [0.25, 0.3) is 0 Å². The quantitative estimate of drug-likeness (QED) is 0.172. The van der Waals surface area contributed by atoms with Gasteiger partial charge in [-0.1, -0.05) is 50.4 Å². The molecule has 0 spiro atoms. The minimum absolute atomic E-state index is 0.00567. The molecule has 0 N–H and O–H groups in total. The fraction of sp³-hybridized carbons (Fsp3) is 0.630. The van der Waals surface area contributed by atoms with Crippen LogP contribution in [0, 0.1) is 0 Å². The van der Waals surface area contributed by atoms with E-state index in [1.54, 1.807) is 11.3 Å². The second-order valence-electron chi connectivity index (χ2n) is 9.11. The summed E-state index contributed by atoms with van der Waals surface area (Å²) >= 11 is 8.47. The van der Waals surface area contributed by atoms with E-state index in [0.29, 0.717) is 43.5 Å². The number of allylic oxidation sites excluding steroid dienone is 2. The number of thiophene rings is 1. The summed E-state index contributed by atoms with van der Waals surface area (Å²) in [6.45, 7) is 9.99. The van der Waals surface area contributed by atoms with Crippen molar-refractivity contribution in [1.29, 1.82) is 0 Å². The van der Waals surface area contributed by atoms with Crippen molar-refractivity contribution in [2.75, 3.05) is 19.8 Å². The molecule has 2 aliphatic rings. The highest BCUT2D eigenvalue weighted by atomic mass is 35.5. The first-order chi connectivity index (χ1) is 16.9. The number of esters is 2. The molecule has 3 rings (SSSR count). The smallest absolute Gasteiger partial charge is 0.357 e. The predicted octanol–water partition coefficient (Wildman–Crippen LogP) is 6.30. The summed E-state index contributed by atoms with van der Waals surface area (Å²) in [7, 11) is 0. The summed E-state index contributed by atoms with van der Waals surface area (Å²) in [5.41, 5.74) is -0.195. The zero-order valence-corrected chi connectivity index (χ0v) is 23.1. The molecule has 2 heterocycles. The highest BCUT2D eigenvalue weighted by molar-refractivity contribution is 7.12. The third-order valence-corrected chi connectivity index (χ3v) is 8.39. The van der Waals surface area contributed by atoms with E-state index in [4.69, 9.17) is 21.1 Å². The van der Waals surface area contributed by atoms with E-state index < -0.39 is 5.41 Å². The second kappa shape index (κ2) is 12.8. The molecule has 35 heavy (non-hydrogen) atoms. The van der Waals surface area contributed by atoms with Gasteiger partial charge in [0.15, 0.2) is 5.70 Å². The molecule has 194 valence electrons. The van der Waals surface area contributed by atoms with Crippen LogP contribution in [-0.4, -0.2) is 47.7 Å². The standard InChI is InChI=1S/C27H39ClN2O4S/c1-5-9-13-22-29(18-10-6-2)24(28)23(25(31)33-7-3)30(22)19-20-14-15-21(35-20)27(16-11-12-17-27)26(32)34-8-4/h11-12,14-15,22H,5-10,13,16-19H2,1-4H3. The molecule has 0 saturated heterocycles. The number of rotatable bonds is 13. The zero-order valence-electron chi connectivity index (χ0n) is 21.5. The van der Waals surface area contributed by atoms with Gasteiger partial charge in [0, 0.05) is 16.3 Å². The number of halogens is 1. The molecule has 0 radical (unpaired) electrons. The second-order valence-corrected chi connectivity index (χ2v) is 10.6. The van der Waals surface area contributed by atoms with Crippen molar-refractivity contribution < 1.29 is 19.1 Å². The third-order valence-electron chi connectivity index (χ3n) is 6.72. The third kappa shape index (κ3) is 5.88. The monoisotopic (exact) mass is 522 g/mol. The van der Waals surface area contributed by atoms with Gasteiger partial charge in [-0.2, -0.15) is 0 Å². The summed E-state index contributed by atoms with van der Waals surface area (Å²) in [6, 6.07) is 4.12. The molecule has 0 fully saturated rings. The normalized spacial score (nSPS) is 19.1. The van der Waals surface area contributed by atoms with E-state index in [-0.39, 0.29) is 18.1 Å². The van der Waals surface area contributed by atoms with Gasteiger partial charge in [-0.3, -0.25) is 4.79 Å². The van der Waals surface area contributed by atoms with Crippen LogP contribution in [0.15, 0.2) is 35.1 Å².